The third-order valence-corrected chi connectivity index (χ3v) is 4.36. The zero-order valence-electron chi connectivity index (χ0n) is 12.6. The summed E-state index contributed by atoms with van der Waals surface area (Å²) in [4.78, 5) is 11.5. The molecule has 2 rings (SSSR count). The van der Waals surface area contributed by atoms with Crippen LogP contribution in [0.1, 0.15) is 49.4 Å². The largest absolute Gasteiger partial charge is 0.465 e. The van der Waals surface area contributed by atoms with Gasteiger partial charge in [0.25, 0.3) is 0 Å². The average Bonchev–Trinajstić information content (AvgIpc) is 2.95. The van der Waals surface area contributed by atoms with E-state index in [-0.39, 0.29) is 11.5 Å². The molecule has 0 aromatic heterocycles. The van der Waals surface area contributed by atoms with E-state index in [0.29, 0.717) is 10.7 Å². The predicted octanol–water partition coefficient (Wildman–Crippen LogP) is 3.48. The second-order valence-corrected chi connectivity index (χ2v) is 5.90. The number of thiocarbonyl (C=S) groups is 1. The smallest absolute Gasteiger partial charge is 0.337 e. The molecule has 21 heavy (non-hydrogen) atoms. The van der Waals surface area contributed by atoms with Crippen molar-refractivity contribution in [2.75, 3.05) is 12.4 Å². The number of hydrogen-bond acceptors (Lipinski definition) is 3. The summed E-state index contributed by atoms with van der Waals surface area (Å²) in [6.07, 6.45) is 5.89. The van der Waals surface area contributed by atoms with Crippen LogP contribution in [0, 0.1) is 0 Å². The van der Waals surface area contributed by atoms with E-state index in [4.69, 9.17) is 17.0 Å². The Bertz CT molecular complexity index is 525. The zero-order chi connectivity index (χ0) is 15.3. The molecule has 0 unspecified atom stereocenters. The Labute approximate surface area is 131 Å². The lowest BCUT2D eigenvalue weighted by atomic mass is 9.95. The van der Waals surface area contributed by atoms with Gasteiger partial charge in [-0.2, -0.15) is 0 Å². The molecule has 1 fully saturated rings. The molecule has 1 aliphatic carbocycles. The minimum atomic E-state index is -0.349. The molecule has 1 aliphatic rings. The molecule has 0 bridgehead atoms. The summed E-state index contributed by atoms with van der Waals surface area (Å²) >= 11 is 5.41. The highest BCUT2D eigenvalue weighted by Gasteiger charge is 2.32. The molecule has 0 aliphatic heterocycles. The number of esters is 1. The van der Waals surface area contributed by atoms with E-state index in [2.05, 4.69) is 17.6 Å². The van der Waals surface area contributed by atoms with E-state index in [1.54, 1.807) is 12.1 Å². The van der Waals surface area contributed by atoms with Crippen LogP contribution >= 0.6 is 12.2 Å². The van der Waals surface area contributed by atoms with E-state index in [1.165, 1.54) is 20.0 Å². The molecule has 0 spiro atoms. The van der Waals surface area contributed by atoms with E-state index >= 15 is 0 Å². The van der Waals surface area contributed by atoms with Gasteiger partial charge >= 0.3 is 5.97 Å². The van der Waals surface area contributed by atoms with Gasteiger partial charge in [-0.15, -0.1) is 0 Å². The number of methoxy groups -OCH3 is 1. The van der Waals surface area contributed by atoms with Gasteiger partial charge in [0.2, 0.25) is 0 Å². The van der Waals surface area contributed by atoms with Crippen LogP contribution in [-0.2, 0) is 4.74 Å². The van der Waals surface area contributed by atoms with Gasteiger partial charge in [0.1, 0.15) is 0 Å². The van der Waals surface area contributed by atoms with E-state index in [9.17, 15) is 4.79 Å². The molecule has 0 radical (unpaired) electrons. The van der Waals surface area contributed by atoms with Crippen LogP contribution in [-0.4, -0.2) is 23.7 Å². The lowest BCUT2D eigenvalue weighted by molar-refractivity contribution is 0.0601. The minimum absolute atomic E-state index is 0.129. The summed E-state index contributed by atoms with van der Waals surface area (Å²) in [7, 11) is 1.37. The number of benzene rings is 1. The van der Waals surface area contributed by atoms with Gasteiger partial charge in [-0.3, -0.25) is 0 Å². The van der Waals surface area contributed by atoms with Crippen LogP contribution in [0.2, 0.25) is 0 Å². The van der Waals surface area contributed by atoms with Gasteiger partial charge in [0.05, 0.1) is 12.7 Å². The Morgan fingerprint density at radius 1 is 1.38 bits per heavy atom. The van der Waals surface area contributed by atoms with Gasteiger partial charge in [0.15, 0.2) is 5.11 Å². The third-order valence-electron chi connectivity index (χ3n) is 4.16. The number of rotatable bonds is 4. The first kappa shape index (κ1) is 15.8. The van der Waals surface area contributed by atoms with Crippen molar-refractivity contribution in [1.29, 1.82) is 0 Å². The number of anilines is 1. The van der Waals surface area contributed by atoms with E-state index in [1.807, 2.05) is 12.1 Å². The summed E-state index contributed by atoms with van der Waals surface area (Å²) in [5.41, 5.74) is 1.43. The highest BCUT2D eigenvalue weighted by atomic mass is 32.1. The summed E-state index contributed by atoms with van der Waals surface area (Å²) in [6.45, 7) is 2.19. The second-order valence-electron chi connectivity index (χ2n) is 5.49. The van der Waals surface area contributed by atoms with Gasteiger partial charge in [-0.1, -0.05) is 25.8 Å². The van der Waals surface area contributed by atoms with Crippen molar-refractivity contribution in [3.63, 3.8) is 0 Å². The molecule has 114 valence electrons. The molecule has 0 heterocycles. The van der Waals surface area contributed by atoms with Gasteiger partial charge in [-0.05, 0) is 49.7 Å². The molecule has 1 saturated carbocycles. The number of carbonyl (C=O) groups is 1. The van der Waals surface area contributed by atoms with Crippen LogP contribution in [0.15, 0.2) is 24.3 Å². The lowest BCUT2D eigenvalue weighted by Gasteiger charge is -2.30. The van der Waals surface area contributed by atoms with Crippen LogP contribution < -0.4 is 10.6 Å². The van der Waals surface area contributed by atoms with Crippen molar-refractivity contribution in [3.8, 4) is 0 Å². The first-order valence-corrected chi connectivity index (χ1v) is 7.77. The number of hydrogen-bond donors (Lipinski definition) is 2. The molecule has 5 heteroatoms. The van der Waals surface area contributed by atoms with E-state index in [0.717, 1.165) is 24.9 Å². The Morgan fingerprint density at radius 2 is 2.10 bits per heavy atom. The average molecular weight is 306 g/mol. The van der Waals surface area contributed by atoms with Crippen LogP contribution in [0.25, 0.3) is 0 Å². The van der Waals surface area contributed by atoms with Gasteiger partial charge in [0, 0.05) is 11.2 Å². The molecule has 0 amide bonds. The molecule has 2 N–H and O–H groups in total. The number of carbonyl (C=O) groups excluding carboxylic acids is 1. The normalized spacial score (nSPS) is 16.3. The molecule has 4 nitrogen and oxygen atoms in total. The Hall–Kier alpha value is -1.62. The van der Waals surface area contributed by atoms with Crippen molar-refractivity contribution in [1.82, 2.24) is 5.32 Å². The van der Waals surface area contributed by atoms with Crippen molar-refractivity contribution in [2.24, 2.45) is 0 Å². The molecule has 1 aromatic rings. The van der Waals surface area contributed by atoms with Crippen molar-refractivity contribution >= 4 is 29.0 Å². The van der Waals surface area contributed by atoms with Crippen molar-refractivity contribution in [2.45, 2.75) is 44.6 Å². The Balaban J connectivity index is 2.01. The van der Waals surface area contributed by atoms with E-state index < -0.39 is 0 Å². The maximum absolute atomic E-state index is 11.5. The molecule has 0 saturated heterocycles. The maximum atomic E-state index is 11.5. The highest BCUT2D eigenvalue weighted by Crippen LogP contribution is 2.32. The van der Waals surface area contributed by atoms with Crippen LogP contribution in [0.3, 0.4) is 0 Å². The molecule has 0 atom stereocenters. The quantitative estimate of drug-likeness (QED) is 0.659. The van der Waals surface area contributed by atoms with Crippen molar-refractivity contribution < 1.29 is 9.53 Å². The standard InChI is InChI=1S/C16H22N2O2S/c1-3-16(9-4-5-10-16)18-15(21)17-13-8-6-7-12(11-13)14(19)20-2/h6-8,11H,3-5,9-10H2,1-2H3,(H2,17,18,21). The lowest BCUT2D eigenvalue weighted by Crippen LogP contribution is -2.47. The van der Waals surface area contributed by atoms with Crippen molar-refractivity contribution in [3.05, 3.63) is 29.8 Å². The van der Waals surface area contributed by atoms with Crippen LogP contribution in [0.5, 0.6) is 0 Å². The fourth-order valence-corrected chi connectivity index (χ4v) is 3.20. The second kappa shape index (κ2) is 6.89. The topological polar surface area (TPSA) is 50.4 Å². The number of ether oxygens (including phenoxy) is 1. The molecular formula is C16H22N2O2S. The summed E-state index contributed by atoms with van der Waals surface area (Å²) < 4.78 is 4.72. The maximum Gasteiger partial charge on any atom is 0.337 e. The molecular weight excluding hydrogens is 284 g/mol. The fourth-order valence-electron chi connectivity index (χ4n) is 2.86. The number of nitrogens with one attached hydrogen (secondary N) is 2. The first-order valence-electron chi connectivity index (χ1n) is 7.36. The van der Waals surface area contributed by atoms with Crippen LogP contribution in [0.4, 0.5) is 5.69 Å². The third kappa shape index (κ3) is 3.94. The highest BCUT2D eigenvalue weighted by molar-refractivity contribution is 7.80. The summed E-state index contributed by atoms with van der Waals surface area (Å²) in [5, 5.41) is 7.23. The monoisotopic (exact) mass is 306 g/mol. The summed E-state index contributed by atoms with van der Waals surface area (Å²) in [6, 6.07) is 7.15. The van der Waals surface area contributed by atoms with Gasteiger partial charge < -0.3 is 15.4 Å². The Kier molecular flexibility index (Phi) is 5.17. The summed E-state index contributed by atoms with van der Waals surface area (Å²) in [5.74, 6) is -0.349. The van der Waals surface area contributed by atoms with Gasteiger partial charge in [-0.25, -0.2) is 4.79 Å². The zero-order valence-corrected chi connectivity index (χ0v) is 13.4. The first-order chi connectivity index (χ1) is 10.1. The SMILES string of the molecule is CCC1(NC(=S)Nc2cccc(C(=O)OC)c2)CCCC1. The minimum Gasteiger partial charge on any atom is -0.465 e. The molecule has 1 aromatic carbocycles. The predicted molar refractivity (Wildman–Crippen MR) is 88.6 cm³/mol. The fraction of sp³-hybridized carbons (Fsp3) is 0.500. The Morgan fingerprint density at radius 3 is 2.71 bits per heavy atom.